The van der Waals surface area contributed by atoms with E-state index >= 15 is 0 Å². The third-order valence-electron chi connectivity index (χ3n) is 4.40. The largest absolute Gasteiger partial charge is 0.352 e. The maximum Gasteiger partial charge on any atom is 0.274 e. The fourth-order valence-electron chi connectivity index (χ4n) is 2.84. The molecule has 2 aliphatic rings. The topological polar surface area (TPSA) is 90.0 Å². The SMILES string of the molecule is O=CN1CCN(C(=O)c2cnc(N3CCN(C=O)CC3)cn2)CC1. The maximum absolute atomic E-state index is 12.4. The van der Waals surface area contributed by atoms with Gasteiger partial charge in [-0.3, -0.25) is 14.4 Å². The van der Waals surface area contributed by atoms with Crippen LogP contribution in [0, 0.1) is 0 Å². The molecular weight excluding hydrogens is 312 g/mol. The zero-order chi connectivity index (χ0) is 16.9. The minimum atomic E-state index is -0.162. The molecule has 0 radical (unpaired) electrons. The molecule has 0 atom stereocenters. The number of anilines is 1. The van der Waals surface area contributed by atoms with Gasteiger partial charge in [-0.1, -0.05) is 0 Å². The van der Waals surface area contributed by atoms with Gasteiger partial charge in [0, 0.05) is 52.4 Å². The second-order valence-corrected chi connectivity index (χ2v) is 5.82. The number of carbonyl (C=O) groups excluding carboxylic acids is 3. The van der Waals surface area contributed by atoms with Crippen molar-refractivity contribution in [2.24, 2.45) is 0 Å². The van der Waals surface area contributed by atoms with E-state index in [-0.39, 0.29) is 5.91 Å². The van der Waals surface area contributed by atoms with E-state index < -0.39 is 0 Å². The molecule has 0 aromatic carbocycles. The summed E-state index contributed by atoms with van der Waals surface area (Å²) < 4.78 is 0. The Morgan fingerprint density at radius 2 is 1.42 bits per heavy atom. The Hall–Kier alpha value is -2.71. The normalized spacial score (nSPS) is 18.5. The molecular formula is C15H20N6O3. The molecule has 0 unspecified atom stereocenters. The summed E-state index contributed by atoms with van der Waals surface area (Å²) >= 11 is 0. The fourth-order valence-corrected chi connectivity index (χ4v) is 2.84. The second kappa shape index (κ2) is 7.24. The summed E-state index contributed by atoms with van der Waals surface area (Å²) in [5, 5.41) is 0. The minimum Gasteiger partial charge on any atom is -0.352 e. The van der Waals surface area contributed by atoms with E-state index in [0.717, 1.165) is 12.8 Å². The van der Waals surface area contributed by atoms with Gasteiger partial charge in [0.05, 0.1) is 12.4 Å². The van der Waals surface area contributed by atoms with Gasteiger partial charge < -0.3 is 19.6 Å². The molecule has 2 saturated heterocycles. The van der Waals surface area contributed by atoms with E-state index in [1.54, 1.807) is 20.9 Å². The van der Waals surface area contributed by atoms with Crippen molar-refractivity contribution in [3.63, 3.8) is 0 Å². The minimum absolute atomic E-state index is 0.162. The standard InChI is InChI=1S/C15H20N6O3/c22-11-18-1-5-20(6-2-18)14-10-16-13(9-17-14)15(24)21-7-3-19(12-23)4-8-21/h9-12H,1-8H2. The van der Waals surface area contributed by atoms with Crippen molar-refractivity contribution in [1.29, 1.82) is 0 Å². The molecule has 2 fully saturated rings. The zero-order valence-corrected chi connectivity index (χ0v) is 13.4. The van der Waals surface area contributed by atoms with Crippen LogP contribution in [-0.4, -0.2) is 95.8 Å². The van der Waals surface area contributed by atoms with Crippen molar-refractivity contribution in [3.8, 4) is 0 Å². The van der Waals surface area contributed by atoms with Crippen LogP contribution in [0.1, 0.15) is 10.5 Å². The van der Waals surface area contributed by atoms with Crippen molar-refractivity contribution in [3.05, 3.63) is 18.1 Å². The van der Waals surface area contributed by atoms with Crippen molar-refractivity contribution < 1.29 is 14.4 Å². The van der Waals surface area contributed by atoms with Gasteiger partial charge in [0.25, 0.3) is 5.91 Å². The van der Waals surface area contributed by atoms with E-state index in [1.807, 2.05) is 4.90 Å². The highest BCUT2D eigenvalue weighted by Crippen LogP contribution is 2.13. The smallest absolute Gasteiger partial charge is 0.274 e. The summed E-state index contributed by atoms with van der Waals surface area (Å²) in [5.74, 6) is 0.549. The molecule has 0 N–H and O–H groups in total. The van der Waals surface area contributed by atoms with E-state index in [4.69, 9.17) is 0 Å². The van der Waals surface area contributed by atoms with Crippen LogP contribution in [0.4, 0.5) is 5.82 Å². The average molecular weight is 332 g/mol. The number of rotatable bonds is 4. The van der Waals surface area contributed by atoms with Crippen LogP contribution in [0.2, 0.25) is 0 Å². The molecule has 24 heavy (non-hydrogen) atoms. The van der Waals surface area contributed by atoms with Crippen LogP contribution < -0.4 is 4.90 Å². The number of aromatic nitrogens is 2. The number of amides is 3. The first kappa shape index (κ1) is 16.2. The molecule has 3 rings (SSSR count). The number of hydrogen-bond donors (Lipinski definition) is 0. The maximum atomic E-state index is 12.4. The highest BCUT2D eigenvalue weighted by Gasteiger charge is 2.23. The molecule has 2 aliphatic heterocycles. The van der Waals surface area contributed by atoms with Crippen molar-refractivity contribution in [1.82, 2.24) is 24.7 Å². The molecule has 0 bridgehead atoms. The lowest BCUT2D eigenvalue weighted by atomic mass is 10.3. The Morgan fingerprint density at radius 3 is 1.92 bits per heavy atom. The summed E-state index contributed by atoms with van der Waals surface area (Å²) in [4.78, 5) is 49.6. The average Bonchev–Trinajstić information content (AvgIpc) is 2.68. The van der Waals surface area contributed by atoms with E-state index in [2.05, 4.69) is 9.97 Å². The number of piperazine rings is 2. The molecule has 3 heterocycles. The van der Waals surface area contributed by atoms with Crippen molar-refractivity contribution in [2.75, 3.05) is 57.3 Å². The lowest BCUT2D eigenvalue weighted by Crippen LogP contribution is -2.48. The number of hydrogen-bond acceptors (Lipinski definition) is 6. The van der Waals surface area contributed by atoms with Crippen molar-refractivity contribution >= 4 is 24.5 Å². The first-order valence-corrected chi connectivity index (χ1v) is 7.96. The van der Waals surface area contributed by atoms with Gasteiger partial charge in [-0.15, -0.1) is 0 Å². The summed E-state index contributed by atoms with van der Waals surface area (Å²) in [6.45, 7) is 4.83. The van der Waals surface area contributed by atoms with Gasteiger partial charge in [0.15, 0.2) is 0 Å². The Bertz CT molecular complexity index is 592. The molecule has 128 valence electrons. The highest BCUT2D eigenvalue weighted by molar-refractivity contribution is 5.92. The van der Waals surface area contributed by atoms with Crippen molar-refractivity contribution in [2.45, 2.75) is 0 Å². The molecule has 9 nitrogen and oxygen atoms in total. The van der Waals surface area contributed by atoms with Gasteiger partial charge in [-0.25, -0.2) is 9.97 Å². The third kappa shape index (κ3) is 3.44. The van der Waals surface area contributed by atoms with Crippen LogP contribution in [0.3, 0.4) is 0 Å². The molecule has 1 aromatic heterocycles. The fraction of sp³-hybridized carbons (Fsp3) is 0.533. The summed E-state index contributed by atoms with van der Waals surface area (Å²) in [7, 11) is 0. The molecule has 0 aliphatic carbocycles. The monoisotopic (exact) mass is 332 g/mol. The lowest BCUT2D eigenvalue weighted by molar-refractivity contribution is -0.119. The van der Waals surface area contributed by atoms with Crippen LogP contribution >= 0.6 is 0 Å². The van der Waals surface area contributed by atoms with Crippen LogP contribution in [0.5, 0.6) is 0 Å². The summed E-state index contributed by atoms with van der Waals surface area (Å²) in [5.41, 5.74) is 0.310. The Morgan fingerprint density at radius 1 is 0.833 bits per heavy atom. The highest BCUT2D eigenvalue weighted by atomic mass is 16.2. The predicted molar refractivity (Wildman–Crippen MR) is 85.4 cm³/mol. The molecule has 0 spiro atoms. The van der Waals surface area contributed by atoms with E-state index in [1.165, 1.54) is 6.20 Å². The first-order chi connectivity index (χ1) is 11.7. The third-order valence-corrected chi connectivity index (χ3v) is 4.40. The molecule has 3 amide bonds. The predicted octanol–water partition coefficient (Wildman–Crippen LogP) is -1.33. The van der Waals surface area contributed by atoms with Gasteiger partial charge >= 0.3 is 0 Å². The van der Waals surface area contributed by atoms with Crippen LogP contribution in [-0.2, 0) is 9.59 Å². The number of nitrogens with zero attached hydrogens (tertiary/aromatic N) is 6. The Balaban J connectivity index is 1.59. The molecule has 9 heteroatoms. The summed E-state index contributed by atoms with van der Waals surface area (Å²) in [6, 6.07) is 0. The molecule has 1 aromatic rings. The Kier molecular flexibility index (Phi) is 4.88. The quantitative estimate of drug-likeness (QED) is 0.635. The van der Waals surface area contributed by atoms with Crippen LogP contribution in [0.25, 0.3) is 0 Å². The van der Waals surface area contributed by atoms with Gasteiger partial charge in [-0.05, 0) is 0 Å². The van der Waals surface area contributed by atoms with Gasteiger partial charge in [0.1, 0.15) is 11.5 Å². The molecule has 0 saturated carbocycles. The summed E-state index contributed by atoms with van der Waals surface area (Å²) in [6.07, 6.45) is 4.76. The zero-order valence-electron chi connectivity index (χ0n) is 13.4. The van der Waals surface area contributed by atoms with E-state index in [0.29, 0.717) is 63.9 Å². The van der Waals surface area contributed by atoms with Gasteiger partial charge in [-0.2, -0.15) is 0 Å². The first-order valence-electron chi connectivity index (χ1n) is 7.96. The Labute approximate surface area is 139 Å². The number of carbonyl (C=O) groups is 3. The second-order valence-electron chi connectivity index (χ2n) is 5.82. The van der Waals surface area contributed by atoms with E-state index in [9.17, 15) is 14.4 Å². The lowest BCUT2D eigenvalue weighted by Gasteiger charge is -2.33. The van der Waals surface area contributed by atoms with Crippen LogP contribution in [0.15, 0.2) is 12.4 Å². The van der Waals surface area contributed by atoms with Gasteiger partial charge in [0.2, 0.25) is 12.8 Å².